The first-order chi connectivity index (χ1) is 8.15. The number of phenols is 1. The Morgan fingerprint density at radius 3 is 2.94 bits per heavy atom. The highest BCUT2D eigenvalue weighted by atomic mass is 19.1. The van der Waals surface area contributed by atoms with E-state index >= 15 is 0 Å². The molecule has 1 heterocycles. The van der Waals surface area contributed by atoms with Gasteiger partial charge in [0.2, 0.25) is 0 Å². The Bertz CT molecular complexity index is 416. The van der Waals surface area contributed by atoms with Gasteiger partial charge >= 0.3 is 0 Å². The normalized spacial score (nSPS) is 19.6. The molecule has 1 amide bonds. The molecule has 0 spiro atoms. The highest BCUT2D eigenvalue weighted by molar-refractivity contribution is 5.97. The molecular formula is C12H14FNO3. The van der Waals surface area contributed by atoms with Gasteiger partial charge in [-0.05, 0) is 25.0 Å². The Labute approximate surface area is 98.3 Å². The standard InChI is InChI=1S/C12H14FNO3/c13-9-4-1-5-10(16)11(9)12(17)14-6-2-3-8(14)7-15/h1,4-5,8,15-16H,2-3,6-7H2/t8-/m1/s1. The number of hydrogen-bond donors (Lipinski definition) is 2. The van der Waals surface area contributed by atoms with Gasteiger partial charge in [-0.25, -0.2) is 4.39 Å². The van der Waals surface area contributed by atoms with Gasteiger partial charge in [0.15, 0.2) is 0 Å². The molecule has 0 saturated carbocycles. The quantitative estimate of drug-likeness (QED) is 0.813. The largest absolute Gasteiger partial charge is 0.507 e. The van der Waals surface area contributed by atoms with Crippen LogP contribution >= 0.6 is 0 Å². The van der Waals surface area contributed by atoms with Crippen LogP contribution in [0.15, 0.2) is 18.2 Å². The van der Waals surface area contributed by atoms with E-state index < -0.39 is 11.7 Å². The summed E-state index contributed by atoms with van der Waals surface area (Å²) in [4.78, 5) is 13.5. The zero-order valence-electron chi connectivity index (χ0n) is 9.27. The first kappa shape index (κ1) is 11.9. The summed E-state index contributed by atoms with van der Waals surface area (Å²) in [5, 5.41) is 18.7. The molecule has 1 aromatic rings. The van der Waals surface area contributed by atoms with Crippen molar-refractivity contribution in [1.82, 2.24) is 4.90 Å². The lowest BCUT2D eigenvalue weighted by molar-refractivity contribution is 0.0669. The Hall–Kier alpha value is -1.62. The van der Waals surface area contributed by atoms with Crippen molar-refractivity contribution in [2.75, 3.05) is 13.2 Å². The number of carbonyl (C=O) groups excluding carboxylic acids is 1. The average molecular weight is 239 g/mol. The minimum absolute atomic E-state index is 0.138. The van der Waals surface area contributed by atoms with Gasteiger partial charge in [0, 0.05) is 6.54 Å². The van der Waals surface area contributed by atoms with E-state index in [2.05, 4.69) is 0 Å². The second-order valence-electron chi connectivity index (χ2n) is 4.11. The van der Waals surface area contributed by atoms with Gasteiger partial charge in [0.1, 0.15) is 17.1 Å². The predicted octanol–water partition coefficient (Wildman–Crippen LogP) is 1.13. The van der Waals surface area contributed by atoms with Crippen molar-refractivity contribution < 1.29 is 19.4 Å². The number of rotatable bonds is 2. The van der Waals surface area contributed by atoms with Gasteiger partial charge in [-0.1, -0.05) is 6.07 Å². The number of carbonyl (C=O) groups is 1. The summed E-state index contributed by atoms with van der Waals surface area (Å²) in [6.45, 7) is 0.346. The minimum atomic E-state index is -0.737. The Balaban J connectivity index is 2.31. The summed E-state index contributed by atoms with van der Waals surface area (Å²) in [6, 6.07) is 3.48. The molecule has 1 atom stereocenters. The number of amides is 1. The molecule has 1 aliphatic heterocycles. The molecule has 5 heteroatoms. The van der Waals surface area contributed by atoms with Crippen LogP contribution in [0.2, 0.25) is 0 Å². The van der Waals surface area contributed by atoms with Gasteiger partial charge in [0.05, 0.1) is 12.6 Å². The molecule has 0 aromatic heterocycles. The molecule has 1 aliphatic rings. The van der Waals surface area contributed by atoms with Crippen molar-refractivity contribution in [2.24, 2.45) is 0 Å². The number of aromatic hydroxyl groups is 1. The van der Waals surface area contributed by atoms with E-state index in [1.54, 1.807) is 0 Å². The molecule has 1 aromatic carbocycles. The number of hydrogen-bond acceptors (Lipinski definition) is 3. The third-order valence-electron chi connectivity index (χ3n) is 3.05. The highest BCUT2D eigenvalue weighted by Crippen LogP contribution is 2.26. The van der Waals surface area contributed by atoms with Crippen LogP contribution in [0, 0.1) is 5.82 Å². The van der Waals surface area contributed by atoms with E-state index in [1.165, 1.54) is 17.0 Å². The molecular weight excluding hydrogens is 225 g/mol. The van der Waals surface area contributed by atoms with Crippen LogP contribution < -0.4 is 0 Å². The molecule has 2 N–H and O–H groups in total. The molecule has 0 radical (unpaired) electrons. The third-order valence-corrected chi connectivity index (χ3v) is 3.05. The van der Waals surface area contributed by atoms with Gasteiger partial charge < -0.3 is 15.1 Å². The maximum Gasteiger partial charge on any atom is 0.260 e. The molecule has 2 rings (SSSR count). The van der Waals surface area contributed by atoms with Crippen molar-refractivity contribution in [2.45, 2.75) is 18.9 Å². The van der Waals surface area contributed by atoms with Crippen molar-refractivity contribution in [3.8, 4) is 5.75 Å². The molecule has 0 aliphatic carbocycles. The zero-order valence-corrected chi connectivity index (χ0v) is 9.27. The van der Waals surface area contributed by atoms with Crippen LogP contribution in [-0.2, 0) is 0 Å². The molecule has 92 valence electrons. The maximum absolute atomic E-state index is 13.5. The number of nitrogens with zero attached hydrogens (tertiary/aromatic N) is 1. The van der Waals surface area contributed by atoms with E-state index in [-0.39, 0.29) is 24.0 Å². The van der Waals surface area contributed by atoms with E-state index in [0.717, 1.165) is 12.5 Å². The van der Waals surface area contributed by atoms with Crippen LogP contribution in [0.3, 0.4) is 0 Å². The first-order valence-electron chi connectivity index (χ1n) is 5.54. The van der Waals surface area contributed by atoms with E-state index in [0.29, 0.717) is 13.0 Å². The Kier molecular flexibility index (Phi) is 3.28. The van der Waals surface area contributed by atoms with Gasteiger partial charge in [-0.15, -0.1) is 0 Å². The van der Waals surface area contributed by atoms with Gasteiger partial charge in [-0.2, -0.15) is 0 Å². The summed E-state index contributed by atoms with van der Waals surface area (Å²) >= 11 is 0. The average Bonchev–Trinajstić information content (AvgIpc) is 2.76. The Morgan fingerprint density at radius 1 is 1.53 bits per heavy atom. The number of aliphatic hydroxyl groups excluding tert-OH is 1. The summed E-state index contributed by atoms with van der Waals surface area (Å²) in [5.74, 6) is -1.66. The van der Waals surface area contributed by atoms with Crippen LogP contribution in [-0.4, -0.2) is 40.2 Å². The fourth-order valence-corrected chi connectivity index (χ4v) is 2.16. The summed E-state index contributed by atoms with van der Waals surface area (Å²) < 4.78 is 13.5. The number of benzene rings is 1. The van der Waals surface area contributed by atoms with Crippen molar-refractivity contribution >= 4 is 5.91 Å². The van der Waals surface area contributed by atoms with Crippen molar-refractivity contribution in [3.63, 3.8) is 0 Å². The summed E-state index contributed by atoms with van der Waals surface area (Å²) in [5.41, 5.74) is -0.312. The topological polar surface area (TPSA) is 60.8 Å². The number of phenolic OH excluding ortho intramolecular Hbond substituents is 1. The van der Waals surface area contributed by atoms with E-state index in [1.807, 2.05) is 0 Å². The fourth-order valence-electron chi connectivity index (χ4n) is 2.16. The zero-order chi connectivity index (χ0) is 12.4. The van der Waals surface area contributed by atoms with Gasteiger partial charge in [-0.3, -0.25) is 4.79 Å². The minimum Gasteiger partial charge on any atom is -0.507 e. The third kappa shape index (κ3) is 2.10. The highest BCUT2D eigenvalue weighted by Gasteiger charge is 2.31. The Morgan fingerprint density at radius 2 is 2.29 bits per heavy atom. The first-order valence-corrected chi connectivity index (χ1v) is 5.54. The lowest BCUT2D eigenvalue weighted by Crippen LogP contribution is -2.38. The molecule has 17 heavy (non-hydrogen) atoms. The molecule has 4 nitrogen and oxygen atoms in total. The van der Waals surface area contributed by atoms with Crippen molar-refractivity contribution in [3.05, 3.63) is 29.6 Å². The monoisotopic (exact) mass is 239 g/mol. The molecule has 1 fully saturated rings. The maximum atomic E-state index is 13.5. The molecule has 0 unspecified atom stereocenters. The number of halogens is 1. The van der Waals surface area contributed by atoms with Gasteiger partial charge in [0.25, 0.3) is 5.91 Å². The van der Waals surface area contributed by atoms with Crippen LogP contribution in [0.4, 0.5) is 4.39 Å². The number of likely N-dealkylation sites (tertiary alicyclic amines) is 1. The van der Waals surface area contributed by atoms with Crippen LogP contribution in [0.1, 0.15) is 23.2 Å². The van der Waals surface area contributed by atoms with Crippen LogP contribution in [0.25, 0.3) is 0 Å². The SMILES string of the molecule is O=C(c1c(O)cccc1F)N1CCC[C@@H]1CO. The predicted molar refractivity (Wildman–Crippen MR) is 59.2 cm³/mol. The summed E-state index contributed by atoms with van der Waals surface area (Å²) in [6.07, 6.45) is 1.49. The van der Waals surface area contributed by atoms with E-state index in [4.69, 9.17) is 5.11 Å². The summed E-state index contributed by atoms with van der Waals surface area (Å²) in [7, 11) is 0. The second kappa shape index (κ2) is 4.71. The van der Waals surface area contributed by atoms with E-state index in [9.17, 15) is 14.3 Å². The molecule has 1 saturated heterocycles. The van der Waals surface area contributed by atoms with Crippen molar-refractivity contribution in [1.29, 1.82) is 0 Å². The smallest absolute Gasteiger partial charge is 0.260 e. The van der Waals surface area contributed by atoms with Crippen LogP contribution in [0.5, 0.6) is 5.75 Å². The fraction of sp³-hybridized carbons (Fsp3) is 0.417. The molecule has 0 bridgehead atoms. The lowest BCUT2D eigenvalue weighted by atomic mass is 10.1. The number of aliphatic hydroxyl groups is 1. The lowest BCUT2D eigenvalue weighted by Gasteiger charge is -2.23. The second-order valence-corrected chi connectivity index (χ2v) is 4.11.